The number of hydrogen-bond donors (Lipinski definition) is 4. The third-order valence-electron chi connectivity index (χ3n) is 7.69. The fourth-order valence-corrected chi connectivity index (χ4v) is 5.64. The molecule has 8 heteroatoms. The highest BCUT2D eigenvalue weighted by Gasteiger charge is 2.31. The third kappa shape index (κ3) is 5.78. The van der Waals surface area contributed by atoms with Crippen LogP contribution in [0.15, 0.2) is 72.8 Å². The summed E-state index contributed by atoms with van der Waals surface area (Å²) in [5.41, 5.74) is 5.77. The van der Waals surface area contributed by atoms with Gasteiger partial charge in [0.15, 0.2) is 0 Å². The zero-order valence-corrected chi connectivity index (χ0v) is 23.5. The zero-order valence-electron chi connectivity index (χ0n) is 23.5. The van der Waals surface area contributed by atoms with Gasteiger partial charge < -0.3 is 20.4 Å². The predicted molar refractivity (Wildman–Crippen MR) is 156 cm³/mol. The van der Waals surface area contributed by atoms with Crippen LogP contribution in [-0.4, -0.2) is 44.3 Å². The normalized spacial score (nSPS) is 11.1. The van der Waals surface area contributed by atoms with Crippen molar-refractivity contribution in [3.05, 3.63) is 140 Å². The van der Waals surface area contributed by atoms with Crippen LogP contribution in [0.3, 0.4) is 0 Å². The number of benzene rings is 4. The maximum Gasteiger partial charge on any atom is 0.335 e. The van der Waals surface area contributed by atoms with E-state index < -0.39 is 35.7 Å². The zero-order chi connectivity index (χ0) is 30.9. The lowest BCUT2D eigenvalue weighted by molar-refractivity contribution is 0.0685. The Morgan fingerprint density at radius 1 is 0.405 bits per heavy atom. The van der Waals surface area contributed by atoms with Crippen molar-refractivity contribution in [3.63, 3.8) is 0 Å². The van der Waals surface area contributed by atoms with Gasteiger partial charge in [0.1, 0.15) is 0 Å². The smallest absolute Gasteiger partial charge is 0.335 e. The molecule has 0 atom stereocenters. The molecule has 42 heavy (non-hydrogen) atoms. The molecule has 0 radical (unpaired) electrons. The monoisotopic (exact) mass is 566 g/mol. The molecular weight excluding hydrogens is 536 g/mol. The maximum absolute atomic E-state index is 11.8. The SMILES string of the molecule is Cc1cc(C(c2ccc(C(=O)O)c(C)c2)C(c2ccc(C(=O)O)c(C)c2)c2ccc(C(=O)O)c(C)c2)ccc1C(=O)O. The molecule has 0 spiro atoms. The van der Waals surface area contributed by atoms with Crippen molar-refractivity contribution in [1.82, 2.24) is 0 Å². The van der Waals surface area contributed by atoms with Crippen LogP contribution in [0.4, 0.5) is 0 Å². The fraction of sp³-hybridized carbons (Fsp3) is 0.176. The van der Waals surface area contributed by atoms with Gasteiger partial charge in [0.25, 0.3) is 0 Å². The van der Waals surface area contributed by atoms with Crippen LogP contribution in [0, 0.1) is 27.7 Å². The molecule has 0 aliphatic rings. The van der Waals surface area contributed by atoms with Gasteiger partial charge in [-0.1, -0.05) is 48.5 Å². The van der Waals surface area contributed by atoms with E-state index in [0.717, 1.165) is 22.3 Å². The van der Waals surface area contributed by atoms with E-state index in [-0.39, 0.29) is 22.3 Å². The molecule has 4 aromatic carbocycles. The topological polar surface area (TPSA) is 149 Å². The highest BCUT2D eigenvalue weighted by atomic mass is 16.4. The highest BCUT2D eigenvalue weighted by Crippen LogP contribution is 2.44. The van der Waals surface area contributed by atoms with Gasteiger partial charge in [-0.05, 0) is 96.5 Å². The standard InChI is InChI=1S/C34H30O8/c1-17-13-21(5-9-25(17)31(35)36)29(22-6-10-26(32(37)38)18(2)14-22)30(23-7-11-27(33(39)40)19(3)15-23)24-8-12-28(34(41)42)20(4)16-24/h5-16,29-30H,1-4H3,(H,35,36)(H,37,38)(H,39,40)(H,41,42). The summed E-state index contributed by atoms with van der Waals surface area (Å²) < 4.78 is 0. The summed E-state index contributed by atoms with van der Waals surface area (Å²) in [6.07, 6.45) is 0. The Morgan fingerprint density at radius 2 is 0.595 bits per heavy atom. The second-order valence-corrected chi connectivity index (χ2v) is 10.5. The minimum Gasteiger partial charge on any atom is -0.478 e. The van der Waals surface area contributed by atoms with Crippen molar-refractivity contribution in [1.29, 1.82) is 0 Å². The maximum atomic E-state index is 11.8. The van der Waals surface area contributed by atoms with Crippen molar-refractivity contribution < 1.29 is 39.6 Å². The first-order valence-electron chi connectivity index (χ1n) is 13.2. The Hall–Kier alpha value is -5.24. The van der Waals surface area contributed by atoms with Gasteiger partial charge in [-0.2, -0.15) is 0 Å². The minimum atomic E-state index is -1.06. The quantitative estimate of drug-likeness (QED) is 0.175. The first kappa shape index (κ1) is 29.7. The number of aryl methyl sites for hydroxylation is 4. The number of carboxylic acid groups (broad SMARTS) is 4. The number of carbonyl (C=O) groups is 4. The summed E-state index contributed by atoms with van der Waals surface area (Å²) in [5.74, 6) is -5.22. The van der Waals surface area contributed by atoms with E-state index >= 15 is 0 Å². The molecule has 0 unspecified atom stereocenters. The average molecular weight is 567 g/mol. The van der Waals surface area contributed by atoms with Crippen LogP contribution in [0.2, 0.25) is 0 Å². The molecule has 0 fully saturated rings. The van der Waals surface area contributed by atoms with Crippen molar-refractivity contribution in [2.75, 3.05) is 0 Å². The molecule has 0 aromatic heterocycles. The van der Waals surface area contributed by atoms with Crippen molar-refractivity contribution in [2.24, 2.45) is 0 Å². The van der Waals surface area contributed by atoms with Crippen LogP contribution < -0.4 is 0 Å². The van der Waals surface area contributed by atoms with E-state index in [4.69, 9.17) is 0 Å². The molecule has 4 aromatic rings. The molecule has 0 bridgehead atoms. The highest BCUT2D eigenvalue weighted by molar-refractivity contribution is 5.91. The van der Waals surface area contributed by atoms with E-state index in [9.17, 15) is 39.6 Å². The van der Waals surface area contributed by atoms with E-state index in [1.54, 1.807) is 76.2 Å². The number of hydrogen-bond acceptors (Lipinski definition) is 4. The van der Waals surface area contributed by atoms with Crippen LogP contribution in [0.5, 0.6) is 0 Å². The lowest BCUT2D eigenvalue weighted by Crippen LogP contribution is -2.17. The largest absolute Gasteiger partial charge is 0.478 e. The second kappa shape index (κ2) is 11.7. The minimum absolute atomic E-state index is 0.148. The molecule has 0 heterocycles. The summed E-state index contributed by atoms with van der Waals surface area (Å²) in [6, 6.07) is 20.2. The summed E-state index contributed by atoms with van der Waals surface area (Å²) >= 11 is 0. The number of carboxylic acids is 4. The Labute approximate surface area is 242 Å². The summed E-state index contributed by atoms with van der Waals surface area (Å²) in [7, 11) is 0. The lowest BCUT2D eigenvalue weighted by Gasteiger charge is -2.31. The van der Waals surface area contributed by atoms with Gasteiger partial charge in [0.2, 0.25) is 0 Å². The van der Waals surface area contributed by atoms with Gasteiger partial charge in [-0.25, -0.2) is 19.2 Å². The predicted octanol–water partition coefficient (Wildman–Crippen LogP) is 6.68. The van der Waals surface area contributed by atoms with Crippen molar-refractivity contribution in [3.8, 4) is 0 Å². The molecule has 0 saturated heterocycles. The van der Waals surface area contributed by atoms with Gasteiger partial charge in [0, 0.05) is 11.8 Å². The molecule has 8 nitrogen and oxygen atoms in total. The fourth-order valence-electron chi connectivity index (χ4n) is 5.64. The first-order valence-corrected chi connectivity index (χ1v) is 13.2. The second-order valence-electron chi connectivity index (χ2n) is 10.5. The number of rotatable bonds is 9. The Balaban J connectivity index is 2.07. The lowest BCUT2D eigenvalue weighted by atomic mass is 9.72. The molecule has 0 aliphatic carbocycles. The van der Waals surface area contributed by atoms with Gasteiger partial charge in [0.05, 0.1) is 22.3 Å². The average Bonchev–Trinajstić information content (AvgIpc) is 2.90. The Kier molecular flexibility index (Phi) is 8.29. The van der Waals surface area contributed by atoms with Gasteiger partial charge >= 0.3 is 23.9 Å². The van der Waals surface area contributed by atoms with Crippen molar-refractivity contribution in [2.45, 2.75) is 39.5 Å². The molecule has 4 rings (SSSR count). The van der Waals surface area contributed by atoms with E-state index in [1.807, 2.05) is 0 Å². The van der Waals surface area contributed by atoms with Crippen LogP contribution in [0.1, 0.15) is 97.8 Å². The van der Waals surface area contributed by atoms with Gasteiger partial charge in [-0.3, -0.25) is 0 Å². The number of aromatic carboxylic acids is 4. The molecule has 4 N–H and O–H groups in total. The Morgan fingerprint density at radius 3 is 0.738 bits per heavy atom. The molecule has 214 valence electrons. The molecule has 0 amide bonds. The molecule has 0 saturated carbocycles. The van der Waals surface area contributed by atoms with Crippen molar-refractivity contribution >= 4 is 23.9 Å². The first-order chi connectivity index (χ1) is 19.8. The Bertz CT molecular complexity index is 1490. The summed E-state index contributed by atoms with van der Waals surface area (Å²) in [6.45, 7) is 6.82. The van der Waals surface area contributed by atoms with Crippen LogP contribution in [-0.2, 0) is 0 Å². The molecular formula is C34H30O8. The van der Waals surface area contributed by atoms with Gasteiger partial charge in [-0.15, -0.1) is 0 Å². The van der Waals surface area contributed by atoms with E-state index in [0.29, 0.717) is 22.3 Å². The van der Waals surface area contributed by atoms with Crippen LogP contribution >= 0.6 is 0 Å². The molecule has 0 aliphatic heterocycles. The summed E-state index contributed by atoms with van der Waals surface area (Å²) in [4.78, 5) is 47.2. The third-order valence-corrected chi connectivity index (χ3v) is 7.69. The van der Waals surface area contributed by atoms with Crippen LogP contribution in [0.25, 0.3) is 0 Å². The summed E-state index contributed by atoms with van der Waals surface area (Å²) in [5, 5.41) is 38.6. The van der Waals surface area contributed by atoms with E-state index in [1.165, 1.54) is 24.3 Å². The van der Waals surface area contributed by atoms with E-state index in [2.05, 4.69) is 0 Å².